The van der Waals surface area contributed by atoms with Crippen molar-refractivity contribution in [1.29, 1.82) is 0 Å². The van der Waals surface area contributed by atoms with Crippen molar-refractivity contribution in [3.05, 3.63) is 23.9 Å². The molecule has 2 unspecified atom stereocenters. The molecule has 4 nitrogen and oxygen atoms in total. The molecule has 2 rings (SSSR count). The number of rotatable bonds is 5. The molecule has 0 saturated heterocycles. The summed E-state index contributed by atoms with van der Waals surface area (Å²) in [5, 5.41) is 6.30. The predicted molar refractivity (Wildman–Crippen MR) is 77.3 cm³/mol. The Hall–Kier alpha value is -1.58. The number of anilines is 1. The third-order valence-corrected chi connectivity index (χ3v) is 3.72. The first-order chi connectivity index (χ1) is 9.20. The smallest absolute Gasteiger partial charge is 0.270 e. The van der Waals surface area contributed by atoms with Gasteiger partial charge in [0, 0.05) is 12.6 Å². The SMILES string of the molecule is CCCNc1cccc(C(=O)NC2CCCC2C)n1. The van der Waals surface area contributed by atoms with Crippen LogP contribution in [-0.2, 0) is 0 Å². The van der Waals surface area contributed by atoms with Crippen LogP contribution in [0.15, 0.2) is 18.2 Å². The van der Waals surface area contributed by atoms with Gasteiger partial charge in [-0.15, -0.1) is 0 Å². The molecule has 1 heterocycles. The zero-order valence-electron chi connectivity index (χ0n) is 11.8. The van der Waals surface area contributed by atoms with Crippen LogP contribution < -0.4 is 10.6 Å². The number of nitrogens with zero attached hydrogens (tertiary/aromatic N) is 1. The van der Waals surface area contributed by atoms with E-state index in [0.717, 1.165) is 25.2 Å². The number of amides is 1. The van der Waals surface area contributed by atoms with Crippen LogP contribution in [0, 0.1) is 5.92 Å². The second-order valence-electron chi connectivity index (χ2n) is 5.32. The third-order valence-electron chi connectivity index (χ3n) is 3.72. The van der Waals surface area contributed by atoms with E-state index in [1.165, 1.54) is 12.8 Å². The Balaban J connectivity index is 1.98. The summed E-state index contributed by atoms with van der Waals surface area (Å²) in [5.41, 5.74) is 0.500. The molecular formula is C15H23N3O. The van der Waals surface area contributed by atoms with Crippen LogP contribution in [0.4, 0.5) is 5.82 Å². The highest BCUT2D eigenvalue weighted by atomic mass is 16.1. The standard InChI is InChI=1S/C15H23N3O/c1-3-10-16-14-9-5-8-13(17-14)15(19)18-12-7-4-6-11(12)2/h5,8-9,11-12H,3-4,6-7,10H2,1-2H3,(H,16,17)(H,18,19). The lowest BCUT2D eigenvalue weighted by molar-refractivity contribution is 0.0924. The van der Waals surface area contributed by atoms with Crippen LogP contribution in [0.3, 0.4) is 0 Å². The minimum atomic E-state index is -0.0566. The van der Waals surface area contributed by atoms with Crippen LogP contribution in [0.1, 0.15) is 50.0 Å². The Labute approximate surface area is 115 Å². The van der Waals surface area contributed by atoms with Gasteiger partial charge < -0.3 is 10.6 Å². The molecule has 1 saturated carbocycles. The van der Waals surface area contributed by atoms with Gasteiger partial charge in [-0.2, -0.15) is 0 Å². The summed E-state index contributed by atoms with van der Waals surface area (Å²) in [7, 11) is 0. The highest BCUT2D eigenvalue weighted by Gasteiger charge is 2.25. The average molecular weight is 261 g/mol. The molecule has 0 bridgehead atoms. The molecule has 0 spiro atoms. The van der Waals surface area contributed by atoms with Crippen LogP contribution in [0.5, 0.6) is 0 Å². The fourth-order valence-corrected chi connectivity index (χ4v) is 2.51. The maximum atomic E-state index is 12.2. The summed E-state index contributed by atoms with van der Waals surface area (Å²) in [4.78, 5) is 16.5. The van der Waals surface area contributed by atoms with Crippen LogP contribution in [0.25, 0.3) is 0 Å². The normalized spacial score (nSPS) is 22.2. The molecule has 0 aromatic carbocycles. The van der Waals surface area contributed by atoms with Crippen LogP contribution in [-0.4, -0.2) is 23.5 Å². The predicted octanol–water partition coefficient (Wildman–Crippen LogP) is 2.82. The number of aromatic nitrogens is 1. The summed E-state index contributed by atoms with van der Waals surface area (Å²) in [6.45, 7) is 5.17. The maximum absolute atomic E-state index is 12.2. The first-order valence-corrected chi connectivity index (χ1v) is 7.22. The lowest BCUT2D eigenvalue weighted by atomic mass is 10.1. The Bertz CT molecular complexity index is 433. The Morgan fingerprint density at radius 3 is 2.95 bits per heavy atom. The van der Waals surface area contributed by atoms with Crippen molar-refractivity contribution in [2.45, 2.75) is 45.6 Å². The number of carbonyl (C=O) groups excluding carboxylic acids is 1. The van der Waals surface area contributed by atoms with Gasteiger partial charge >= 0.3 is 0 Å². The van der Waals surface area contributed by atoms with Gasteiger partial charge in [-0.05, 0) is 37.3 Å². The summed E-state index contributed by atoms with van der Waals surface area (Å²) in [6, 6.07) is 5.84. The number of hydrogen-bond acceptors (Lipinski definition) is 3. The summed E-state index contributed by atoms with van der Waals surface area (Å²) < 4.78 is 0. The van der Waals surface area contributed by atoms with Gasteiger partial charge in [0.2, 0.25) is 0 Å². The average Bonchev–Trinajstić information content (AvgIpc) is 2.82. The summed E-state index contributed by atoms with van der Waals surface area (Å²) in [5.74, 6) is 1.29. The van der Waals surface area contributed by atoms with Gasteiger partial charge in [0.25, 0.3) is 5.91 Å². The largest absolute Gasteiger partial charge is 0.370 e. The number of pyridine rings is 1. The molecule has 1 aromatic heterocycles. The summed E-state index contributed by atoms with van der Waals surface area (Å²) in [6.07, 6.45) is 4.53. The fraction of sp³-hybridized carbons (Fsp3) is 0.600. The van der Waals surface area contributed by atoms with E-state index in [1.54, 1.807) is 6.07 Å². The van der Waals surface area contributed by atoms with Crippen LogP contribution >= 0.6 is 0 Å². The third kappa shape index (κ3) is 3.69. The molecule has 1 aliphatic rings. The monoisotopic (exact) mass is 261 g/mol. The van der Waals surface area contributed by atoms with E-state index < -0.39 is 0 Å². The van der Waals surface area contributed by atoms with E-state index in [4.69, 9.17) is 0 Å². The topological polar surface area (TPSA) is 54.0 Å². The van der Waals surface area contributed by atoms with Crippen molar-refractivity contribution in [3.8, 4) is 0 Å². The van der Waals surface area contributed by atoms with Gasteiger partial charge in [-0.1, -0.05) is 26.3 Å². The van der Waals surface area contributed by atoms with E-state index in [1.807, 2.05) is 12.1 Å². The molecule has 1 aromatic rings. The number of hydrogen-bond donors (Lipinski definition) is 2. The van der Waals surface area contributed by atoms with Crippen LogP contribution in [0.2, 0.25) is 0 Å². The molecule has 0 radical (unpaired) electrons. The Morgan fingerprint density at radius 1 is 1.42 bits per heavy atom. The van der Waals surface area contributed by atoms with Gasteiger partial charge in [0.05, 0.1) is 0 Å². The van der Waals surface area contributed by atoms with E-state index in [-0.39, 0.29) is 5.91 Å². The first-order valence-electron chi connectivity index (χ1n) is 7.22. The number of carbonyl (C=O) groups is 1. The minimum absolute atomic E-state index is 0.0566. The molecule has 1 amide bonds. The van der Waals surface area contributed by atoms with Crippen molar-refractivity contribution in [1.82, 2.24) is 10.3 Å². The highest BCUT2D eigenvalue weighted by molar-refractivity contribution is 5.92. The van der Waals surface area contributed by atoms with E-state index in [2.05, 4.69) is 29.5 Å². The molecule has 2 N–H and O–H groups in total. The van der Waals surface area contributed by atoms with Gasteiger partial charge in [-0.25, -0.2) is 4.98 Å². The molecule has 104 valence electrons. The van der Waals surface area contributed by atoms with Crippen molar-refractivity contribution >= 4 is 11.7 Å². The number of nitrogens with one attached hydrogen (secondary N) is 2. The fourth-order valence-electron chi connectivity index (χ4n) is 2.51. The Kier molecular flexibility index (Phi) is 4.77. The zero-order chi connectivity index (χ0) is 13.7. The molecule has 2 atom stereocenters. The van der Waals surface area contributed by atoms with Gasteiger partial charge in [0.15, 0.2) is 0 Å². The highest BCUT2D eigenvalue weighted by Crippen LogP contribution is 2.24. The molecule has 19 heavy (non-hydrogen) atoms. The maximum Gasteiger partial charge on any atom is 0.270 e. The molecule has 1 aliphatic carbocycles. The van der Waals surface area contributed by atoms with E-state index >= 15 is 0 Å². The Morgan fingerprint density at radius 2 is 2.26 bits per heavy atom. The summed E-state index contributed by atoms with van der Waals surface area (Å²) >= 11 is 0. The van der Waals surface area contributed by atoms with Crippen molar-refractivity contribution in [2.24, 2.45) is 5.92 Å². The molecule has 0 aliphatic heterocycles. The van der Waals surface area contributed by atoms with E-state index in [0.29, 0.717) is 17.7 Å². The molecule has 1 fully saturated rings. The quantitative estimate of drug-likeness (QED) is 0.857. The van der Waals surface area contributed by atoms with Crippen molar-refractivity contribution in [3.63, 3.8) is 0 Å². The van der Waals surface area contributed by atoms with Gasteiger partial charge in [0.1, 0.15) is 11.5 Å². The molecule has 4 heteroatoms. The minimum Gasteiger partial charge on any atom is -0.370 e. The second kappa shape index (κ2) is 6.55. The van der Waals surface area contributed by atoms with Gasteiger partial charge in [-0.3, -0.25) is 4.79 Å². The first kappa shape index (κ1) is 13.8. The molecular weight excluding hydrogens is 238 g/mol. The zero-order valence-corrected chi connectivity index (χ0v) is 11.8. The lowest BCUT2D eigenvalue weighted by Crippen LogP contribution is -2.36. The second-order valence-corrected chi connectivity index (χ2v) is 5.32. The van der Waals surface area contributed by atoms with E-state index in [9.17, 15) is 4.79 Å². The lowest BCUT2D eigenvalue weighted by Gasteiger charge is -2.17. The van der Waals surface area contributed by atoms with Crippen molar-refractivity contribution in [2.75, 3.05) is 11.9 Å². The van der Waals surface area contributed by atoms with Crippen molar-refractivity contribution < 1.29 is 4.79 Å².